The first-order valence-corrected chi connectivity index (χ1v) is 19.8. The zero-order chi connectivity index (χ0) is 33.3. The van der Waals surface area contributed by atoms with Gasteiger partial charge in [-0.15, -0.1) is 0 Å². The van der Waals surface area contributed by atoms with Crippen LogP contribution in [0.15, 0.2) is 59.2 Å². The van der Waals surface area contributed by atoms with E-state index in [1.54, 1.807) is 13.3 Å². The van der Waals surface area contributed by atoms with Crippen molar-refractivity contribution >= 4 is 68.1 Å². The Labute approximate surface area is 291 Å². The van der Waals surface area contributed by atoms with Crippen LogP contribution in [0.3, 0.4) is 0 Å². The summed E-state index contributed by atoms with van der Waals surface area (Å²) in [4.78, 5) is 19.4. The lowest BCUT2D eigenvalue weighted by Gasteiger charge is -2.41. The maximum absolute atomic E-state index is 14.3. The Morgan fingerprint density at radius 3 is 2.50 bits per heavy atom. The van der Waals surface area contributed by atoms with E-state index in [-0.39, 0.29) is 0 Å². The van der Waals surface area contributed by atoms with E-state index in [1.165, 1.54) is 24.1 Å². The molecule has 2 aromatic heterocycles. The highest BCUT2D eigenvalue weighted by molar-refractivity contribution is 9.10. The standard InChI is InChI=1S/C36H44BrN8O2P/c1-4-25-21-31(33(47-3)22-32(25)45-15-11-26(12-16-45)44-17-13-38-14-18-44)42-36-39-23-28(37)35(43-36)41-30-10-9-29-27(8-7-24(2)40-29)34(30)48(46)19-5-6-20-48/h5-10,21-23,26,38H,4,11-20H2,1-3H3,(H2,39,41,42,43). The van der Waals surface area contributed by atoms with E-state index >= 15 is 0 Å². The van der Waals surface area contributed by atoms with E-state index in [9.17, 15) is 4.57 Å². The molecule has 3 N–H and O–H groups in total. The molecule has 48 heavy (non-hydrogen) atoms. The molecule has 0 radical (unpaired) electrons. The van der Waals surface area contributed by atoms with Crippen LogP contribution in [0.5, 0.6) is 5.75 Å². The minimum atomic E-state index is -2.70. The molecule has 0 atom stereocenters. The number of anilines is 5. The lowest BCUT2D eigenvalue weighted by Crippen LogP contribution is -2.52. The van der Waals surface area contributed by atoms with Gasteiger partial charge >= 0.3 is 0 Å². The number of nitrogens with one attached hydrogen (secondary N) is 3. The number of ether oxygens (including phenoxy) is 1. The quantitative estimate of drug-likeness (QED) is 0.129. The number of rotatable bonds is 9. The van der Waals surface area contributed by atoms with Crippen LogP contribution in [0.1, 0.15) is 31.0 Å². The summed E-state index contributed by atoms with van der Waals surface area (Å²) < 4.78 is 20.9. The van der Waals surface area contributed by atoms with E-state index in [0.717, 1.165) is 84.7 Å². The van der Waals surface area contributed by atoms with Gasteiger partial charge in [-0.2, -0.15) is 4.98 Å². The van der Waals surface area contributed by atoms with Crippen LogP contribution in [0.4, 0.5) is 28.8 Å². The highest BCUT2D eigenvalue weighted by Gasteiger charge is 2.31. The molecule has 5 heterocycles. The third kappa shape index (κ3) is 6.70. The van der Waals surface area contributed by atoms with Gasteiger partial charge in [-0.25, -0.2) is 4.98 Å². The van der Waals surface area contributed by atoms with Crippen LogP contribution in [-0.4, -0.2) is 84.6 Å². The zero-order valence-corrected chi connectivity index (χ0v) is 30.4. The number of pyridine rings is 1. The number of allylic oxidation sites excluding steroid dienone is 2. The van der Waals surface area contributed by atoms with Gasteiger partial charge < -0.3 is 30.2 Å². The monoisotopic (exact) mass is 730 g/mol. The molecule has 4 aromatic rings. The van der Waals surface area contributed by atoms with Gasteiger partial charge in [0.15, 0.2) is 0 Å². The Balaban J connectivity index is 1.14. The highest BCUT2D eigenvalue weighted by atomic mass is 79.9. The summed E-state index contributed by atoms with van der Waals surface area (Å²) in [5.74, 6) is 1.75. The topological polar surface area (TPSA) is 108 Å². The number of fused-ring (bicyclic) bond motifs is 1. The van der Waals surface area contributed by atoms with Crippen molar-refractivity contribution in [1.29, 1.82) is 0 Å². The number of piperazine rings is 1. The molecule has 12 heteroatoms. The Bertz CT molecular complexity index is 1880. The molecule has 10 nitrogen and oxygen atoms in total. The zero-order valence-electron chi connectivity index (χ0n) is 27.9. The number of hydrogen-bond donors (Lipinski definition) is 3. The average Bonchev–Trinajstić information content (AvgIpc) is 3.56. The normalized spacial score (nSPS) is 18.4. The van der Waals surface area contributed by atoms with E-state index in [0.29, 0.717) is 34.6 Å². The minimum absolute atomic E-state index is 0.430. The van der Waals surface area contributed by atoms with Crippen LogP contribution < -0.4 is 30.9 Å². The summed E-state index contributed by atoms with van der Waals surface area (Å²) in [5, 5.41) is 12.1. The third-order valence-electron chi connectivity index (χ3n) is 9.86. The van der Waals surface area contributed by atoms with Gasteiger partial charge in [-0.1, -0.05) is 25.1 Å². The summed E-state index contributed by atoms with van der Waals surface area (Å²) in [6, 6.07) is 13.0. The predicted octanol–water partition coefficient (Wildman–Crippen LogP) is 6.59. The second kappa shape index (κ2) is 14.2. The van der Waals surface area contributed by atoms with E-state index in [1.807, 2.05) is 43.3 Å². The average molecular weight is 732 g/mol. The Hall–Kier alpha value is -3.50. The molecule has 252 valence electrons. The molecular formula is C36H44BrN8O2P. The summed E-state index contributed by atoms with van der Waals surface area (Å²) in [7, 11) is -0.993. The van der Waals surface area contributed by atoms with Crippen molar-refractivity contribution in [3.63, 3.8) is 0 Å². The van der Waals surface area contributed by atoms with Crippen LogP contribution in [-0.2, 0) is 11.0 Å². The molecule has 0 saturated carbocycles. The van der Waals surface area contributed by atoms with Crippen molar-refractivity contribution in [2.75, 3.05) is 74.2 Å². The molecule has 3 aliphatic rings. The Morgan fingerprint density at radius 2 is 1.77 bits per heavy atom. The fourth-order valence-corrected chi connectivity index (χ4v) is 10.3. The SMILES string of the molecule is CCc1cc(Nc2ncc(Br)c(Nc3ccc4nc(C)ccc4c3P3(=O)CC=CC3)n2)c(OC)cc1N1CCC(N2CCNCC2)CC1. The summed E-state index contributed by atoms with van der Waals surface area (Å²) in [6.45, 7) is 10.7. The third-order valence-corrected chi connectivity index (χ3v) is 13.3. The Morgan fingerprint density at radius 1 is 1.00 bits per heavy atom. The fourth-order valence-electron chi connectivity index (χ4n) is 7.32. The number of hydrogen-bond acceptors (Lipinski definition) is 10. The molecule has 2 saturated heterocycles. The predicted molar refractivity (Wildman–Crippen MR) is 201 cm³/mol. The van der Waals surface area contributed by atoms with Crippen molar-refractivity contribution in [2.45, 2.75) is 39.2 Å². The smallest absolute Gasteiger partial charge is 0.229 e. The first-order chi connectivity index (χ1) is 23.3. The maximum Gasteiger partial charge on any atom is 0.229 e. The molecular weight excluding hydrogens is 687 g/mol. The molecule has 7 rings (SSSR count). The van der Waals surface area contributed by atoms with Crippen LogP contribution in [0.25, 0.3) is 10.9 Å². The van der Waals surface area contributed by atoms with E-state index < -0.39 is 7.14 Å². The second-order valence-electron chi connectivity index (χ2n) is 12.9. The molecule has 0 spiro atoms. The van der Waals surface area contributed by atoms with Crippen LogP contribution in [0.2, 0.25) is 0 Å². The van der Waals surface area contributed by atoms with Crippen molar-refractivity contribution in [1.82, 2.24) is 25.2 Å². The van der Waals surface area contributed by atoms with Crippen LogP contribution >= 0.6 is 23.1 Å². The lowest BCUT2D eigenvalue weighted by molar-refractivity contribution is 0.150. The Kier molecular flexibility index (Phi) is 9.74. The minimum Gasteiger partial charge on any atom is -0.494 e. The molecule has 0 amide bonds. The number of aryl methyl sites for hydroxylation is 2. The number of methoxy groups -OCH3 is 1. The first kappa shape index (κ1) is 33.0. The van der Waals surface area contributed by atoms with E-state index in [4.69, 9.17) is 14.7 Å². The van der Waals surface area contributed by atoms with Crippen molar-refractivity contribution in [3.8, 4) is 5.75 Å². The van der Waals surface area contributed by atoms with Gasteiger partial charge in [0.05, 0.1) is 28.5 Å². The number of benzene rings is 2. The van der Waals surface area contributed by atoms with Gasteiger partial charge in [0, 0.05) is 92.0 Å². The number of nitrogens with zero attached hydrogens (tertiary/aromatic N) is 5. The lowest BCUT2D eigenvalue weighted by atomic mass is 9.99. The van der Waals surface area contributed by atoms with Gasteiger partial charge in [-0.3, -0.25) is 9.88 Å². The van der Waals surface area contributed by atoms with Gasteiger partial charge in [0.1, 0.15) is 18.7 Å². The molecule has 3 aliphatic heterocycles. The second-order valence-corrected chi connectivity index (χ2v) is 16.7. The van der Waals surface area contributed by atoms with E-state index in [2.05, 4.69) is 65.7 Å². The molecule has 0 unspecified atom stereocenters. The number of piperidine rings is 1. The summed E-state index contributed by atoms with van der Waals surface area (Å²) >= 11 is 3.64. The molecule has 0 aliphatic carbocycles. The fraction of sp³-hybridized carbons (Fsp3) is 0.417. The summed E-state index contributed by atoms with van der Waals surface area (Å²) in [5.41, 5.74) is 5.85. The maximum atomic E-state index is 14.3. The summed E-state index contributed by atoms with van der Waals surface area (Å²) in [6.07, 6.45) is 10.1. The van der Waals surface area contributed by atoms with Gasteiger partial charge in [0.2, 0.25) is 5.95 Å². The molecule has 0 bridgehead atoms. The molecule has 2 fully saturated rings. The molecule has 2 aromatic carbocycles. The van der Waals surface area contributed by atoms with Gasteiger partial charge in [0.25, 0.3) is 0 Å². The van der Waals surface area contributed by atoms with Crippen molar-refractivity contribution in [2.24, 2.45) is 0 Å². The number of aromatic nitrogens is 3. The highest BCUT2D eigenvalue weighted by Crippen LogP contribution is 2.51. The van der Waals surface area contributed by atoms with Crippen LogP contribution in [0, 0.1) is 6.92 Å². The first-order valence-electron chi connectivity index (χ1n) is 17.0. The van der Waals surface area contributed by atoms with Crippen molar-refractivity contribution < 1.29 is 9.30 Å². The largest absolute Gasteiger partial charge is 0.494 e. The van der Waals surface area contributed by atoms with Gasteiger partial charge in [-0.05, 0) is 71.9 Å². The number of halogens is 1. The van der Waals surface area contributed by atoms with Crippen molar-refractivity contribution in [3.05, 3.63) is 70.5 Å².